The first-order chi connectivity index (χ1) is 13.8. The molecule has 0 saturated carbocycles. The lowest BCUT2D eigenvalue weighted by Gasteiger charge is -2.31. The molecule has 0 aromatic heterocycles. The van der Waals surface area contributed by atoms with Crippen LogP contribution in [0.15, 0.2) is 22.6 Å². The Morgan fingerprint density at radius 3 is 1.89 bits per heavy atom. The average molecular weight is 392 g/mol. The Hall–Kier alpha value is -1.16. The number of allylic oxidation sites excluding steroid dienone is 1. The van der Waals surface area contributed by atoms with Crippen molar-refractivity contribution in [3.8, 4) is 0 Å². The van der Waals surface area contributed by atoms with Crippen LogP contribution in [0.5, 0.6) is 0 Å². The van der Waals surface area contributed by atoms with Crippen LogP contribution in [-0.2, 0) is 4.74 Å². The summed E-state index contributed by atoms with van der Waals surface area (Å²) in [6, 6.07) is 0. The first-order valence-electron chi connectivity index (χ1n) is 11.8. The minimum Gasteiger partial charge on any atom is -0.359 e. The summed E-state index contributed by atoms with van der Waals surface area (Å²) in [7, 11) is 0. The van der Waals surface area contributed by atoms with Crippen molar-refractivity contribution in [3.05, 3.63) is 12.7 Å². The minimum absolute atomic E-state index is 0.415. The number of guanidine groups is 1. The second-order valence-corrected chi connectivity index (χ2v) is 8.04. The van der Waals surface area contributed by atoms with Crippen molar-refractivity contribution in [2.75, 3.05) is 26.4 Å². The minimum atomic E-state index is 0.415. The van der Waals surface area contributed by atoms with Crippen LogP contribution in [0.25, 0.3) is 0 Å². The van der Waals surface area contributed by atoms with E-state index in [2.05, 4.69) is 28.4 Å². The molecule has 4 nitrogen and oxygen atoms in total. The maximum Gasteiger partial charge on any atom is 0.223 e. The van der Waals surface area contributed by atoms with Crippen molar-refractivity contribution >= 4 is 11.7 Å². The summed E-state index contributed by atoms with van der Waals surface area (Å²) in [5, 5.41) is 0. The highest BCUT2D eigenvalue weighted by Crippen LogP contribution is 2.12. The van der Waals surface area contributed by atoms with Gasteiger partial charge in [0.2, 0.25) is 5.96 Å². The lowest BCUT2D eigenvalue weighted by atomic mass is 10.0. The number of hydrogen-bond donors (Lipinski definition) is 0. The van der Waals surface area contributed by atoms with Gasteiger partial charge in [-0.3, -0.25) is 0 Å². The van der Waals surface area contributed by atoms with Crippen molar-refractivity contribution in [2.24, 2.45) is 9.98 Å². The van der Waals surface area contributed by atoms with E-state index >= 15 is 0 Å². The van der Waals surface area contributed by atoms with E-state index in [0.717, 1.165) is 37.8 Å². The predicted molar refractivity (Wildman–Crippen MR) is 123 cm³/mol. The van der Waals surface area contributed by atoms with E-state index in [4.69, 9.17) is 4.74 Å². The van der Waals surface area contributed by atoms with Crippen LogP contribution >= 0.6 is 0 Å². The normalized spacial score (nSPS) is 15.0. The second-order valence-electron chi connectivity index (χ2n) is 8.04. The Bertz CT molecular complexity index is 441. The fourth-order valence-corrected chi connectivity index (χ4v) is 3.32. The molecular weight excluding hydrogens is 346 g/mol. The largest absolute Gasteiger partial charge is 0.359 e. The maximum absolute atomic E-state index is 5.69. The third kappa shape index (κ3) is 13.1. The molecule has 4 heteroatoms. The van der Waals surface area contributed by atoms with E-state index in [1.165, 1.54) is 83.5 Å². The lowest BCUT2D eigenvalue weighted by molar-refractivity contribution is 0.136. The summed E-state index contributed by atoms with van der Waals surface area (Å²) in [4.78, 5) is 11.2. The number of rotatable bonds is 17. The van der Waals surface area contributed by atoms with E-state index in [0.29, 0.717) is 6.73 Å². The van der Waals surface area contributed by atoms with Gasteiger partial charge in [0, 0.05) is 25.4 Å². The monoisotopic (exact) mass is 391 g/mol. The molecule has 0 N–H and O–H groups in total. The Morgan fingerprint density at radius 2 is 1.43 bits per heavy atom. The van der Waals surface area contributed by atoms with Gasteiger partial charge < -0.3 is 9.64 Å². The Balaban J connectivity index is 1.91. The number of hydrogen-bond acceptors (Lipinski definition) is 2. The van der Waals surface area contributed by atoms with Crippen LogP contribution in [0.2, 0.25) is 0 Å². The molecule has 0 aromatic carbocycles. The molecule has 0 aliphatic carbocycles. The van der Waals surface area contributed by atoms with E-state index in [1.54, 1.807) is 6.08 Å². The van der Waals surface area contributed by atoms with E-state index < -0.39 is 0 Å². The van der Waals surface area contributed by atoms with Crippen LogP contribution in [0, 0.1) is 0 Å². The molecule has 28 heavy (non-hydrogen) atoms. The van der Waals surface area contributed by atoms with Gasteiger partial charge in [-0.1, -0.05) is 90.6 Å². The average Bonchev–Trinajstić information content (AvgIpc) is 2.66. The van der Waals surface area contributed by atoms with E-state index in [1.807, 2.05) is 6.92 Å². The Morgan fingerprint density at radius 1 is 0.893 bits per heavy atom. The fraction of sp³-hybridized carbons (Fsp3) is 0.833. The highest BCUT2D eigenvalue weighted by atomic mass is 16.5. The molecule has 0 bridgehead atoms. The SMILES string of the molecule is C=C/C(C)=N\C(=N/COCCCCCCCCCCCCCCC)N1CCC1. The molecule has 0 radical (unpaired) electrons. The summed E-state index contributed by atoms with van der Waals surface area (Å²) in [5.41, 5.74) is 0.905. The van der Waals surface area contributed by atoms with Crippen LogP contribution in [0.3, 0.4) is 0 Å². The molecule has 0 amide bonds. The molecule has 1 aliphatic rings. The third-order valence-corrected chi connectivity index (χ3v) is 5.40. The molecule has 1 rings (SSSR count). The van der Waals surface area contributed by atoms with Gasteiger partial charge in [-0.25, -0.2) is 9.98 Å². The molecule has 0 aromatic rings. The molecule has 1 saturated heterocycles. The van der Waals surface area contributed by atoms with Gasteiger partial charge in [-0.15, -0.1) is 0 Å². The first kappa shape index (κ1) is 24.9. The Kier molecular flexibility index (Phi) is 15.9. The van der Waals surface area contributed by atoms with Gasteiger partial charge >= 0.3 is 0 Å². The summed E-state index contributed by atoms with van der Waals surface area (Å²) < 4.78 is 5.69. The molecule has 1 aliphatic heterocycles. The number of ether oxygens (including phenoxy) is 1. The molecular formula is C24H45N3O. The van der Waals surface area contributed by atoms with E-state index in [9.17, 15) is 0 Å². The number of likely N-dealkylation sites (tertiary alicyclic amines) is 1. The number of aliphatic imine (C=N–C) groups is 2. The smallest absolute Gasteiger partial charge is 0.223 e. The van der Waals surface area contributed by atoms with Crippen molar-refractivity contribution in [1.82, 2.24) is 4.90 Å². The van der Waals surface area contributed by atoms with Crippen molar-refractivity contribution < 1.29 is 4.74 Å². The fourth-order valence-electron chi connectivity index (χ4n) is 3.32. The molecule has 0 atom stereocenters. The number of unbranched alkanes of at least 4 members (excludes halogenated alkanes) is 12. The van der Waals surface area contributed by atoms with Crippen molar-refractivity contribution in [1.29, 1.82) is 0 Å². The topological polar surface area (TPSA) is 37.2 Å². The third-order valence-electron chi connectivity index (χ3n) is 5.40. The molecule has 0 unspecified atom stereocenters. The van der Waals surface area contributed by atoms with Crippen LogP contribution in [0.4, 0.5) is 0 Å². The zero-order chi connectivity index (χ0) is 20.3. The summed E-state index contributed by atoms with van der Waals surface area (Å²) in [6.45, 7) is 11.3. The van der Waals surface area contributed by atoms with Crippen molar-refractivity contribution in [2.45, 2.75) is 104 Å². The van der Waals surface area contributed by atoms with Crippen LogP contribution in [-0.4, -0.2) is 43.0 Å². The highest BCUT2D eigenvalue weighted by Gasteiger charge is 2.17. The van der Waals surface area contributed by atoms with Gasteiger partial charge in [-0.2, -0.15) is 0 Å². The lowest BCUT2D eigenvalue weighted by Crippen LogP contribution is -2.41. The first-order valence-corrected chi connectivity index (χ1v) is 11.8. The second kappa shape index (κ2) is 17.9. The van der Waals surface area contributed by atoms with Crippen LogP contribution < -0.4 is 0 Å². The summed E-state index contributed by atoms with van der Waals surface area (Å²) >= 11 is 0. The molecule has 162 valence electrons. The highest BCUT2D eigenvalue weighted by molar-refractivity contribution is 6.01. The molecule has 1 fully saturated rings. The molecule has 0 spiro atoms. The summed E-state index contributed by atoms with van der Waals surface area (Å²) in [5.74, 6) is 0.800. The zero-order valence-electron chi connectivity index (χ0n) is 18.8. The zero-order valence-corrected chi connectivity index (χ0v) is 18.8. The van der Waals surface area contributed by atoms with Crippen molar-refractivity contribution in [3.63, 3.8) is 0 Å². The quantitative estimate of drug-likeness (QED) is 0.156. The number of nitrogens with zero attached hydrogens (tertiary/aromatic N) is 3. The van der Waals surface area contributed by atoms with Gasteiger partial charge in [0.1, 0.15) is 6.73 Å². The standard InChI is InChI=1S/C24H45N3O/c1-4-6-7-8-9-10-11-12-13-14-15-16-17-21-28-22-25-24(26-23(3)5-2)27-19-18-20-27/h5H,2,4,6-22H2,1,3H3/b25-24+,26-23-. The van der Waals surface area contributed by atoms with Gasteiger partial charge in [0.15, 0.2) is 0 Å². The van der Waals surface area contributed by atoms with E-state index in [-0.39, 0.29) is 0 Å². The van der Waals surface area contributed by atoms with Gasteiger partial charge in [-0.05, 0) is 25.8 Å². The predicted octanol–water partition coefficient (Wildman–Crippen LogP) is 6.76. The maximum atomic E-state index is 5.69. The Labute approximate surface area is 174 Å². The summed E-state index contributed by atoms with van der Waals surface area (Å²) in [6.07, 6.45) is 20.9. The van der Waals surface area contributed by atoms with Gasteiger partial charge in [0.25, 0.3) is 0 Å². The molecule has 1 heterocycles. The van der Waals surface area contributed by atoms with Crippen LogP contribution in [0.1, 0.15) is 104 Å². The van der Waals surface area contributed by atoms with Gasteiger partial charge in [0.05, 0.1) is 0 Å².